The molecule has 0 aromatic heterocycles. The first kappa shape index (κ1) is 13.5. The van der Waals surface area contributed by atoms with Crippen molar-refractivity contribution in [2.45, 2.75) is 11.2 Å². The minimum atomic E-state index is -0.302. The van der Waals surface area contributed by atoms with Gasteiger partial charge < -0.3 is 0 Å². The zero-order chi connectivity index (χ0) is 13.1. The summed E-state index contributed by atoms with van der Waals surface area (Å²) in [5, 5.41) is 0.495. The van der Waals surface area contributed by atoms with Crippen LogP contribution in [0.15, 0.2) is 42.5 Å². The van der Waals surface area contributed by atoms with Gasteiger partial charge in [-0.05, 0) is 42.3 Å². The lowest BCUT2D eigenvalue weighted by molar-refractivity contribution is 0.607. The van der Waals surface area contributed by atoms with Gasteiger partial charge >= 0.3 is 0 Å². The summed E-state index contributed by atoms with van der Waals surface area (Å²) in [5.41, 5.74) is 1.43. The van der Waals surface area contributed by atoms with Crippen LogP contribution < -0.4 is 0 Å². The van der Waals surface area contributed by atoms with Gasteiger partial charge in [-0.25, -0.2) is 8.78 Å². The molecular formula is C14H10BrClF2. The van der Waals surface area contributed by atoms with Crippen LogP contribution in [0.25, 0.3) is 0 Å². The number of benzene rings is 2. The molecule has 0 aliphatic rings. The third-order valence-electron chi connectivity index (χ3n) is 2.62. The van der Waals surface area contributed by atoms with Gasteiger partial charge in [0.1, 0.15) is 11.6 Å². The summed E-state index contributed by atoms with van der Waals surface area (Å²) in [7, 11) is 0. The van der Waals surface area contributed by atoms with Crippen LogP contribution >= 0.6 is 27.5 Å². The highest BCUT2D eigenvalue weighted by Crippen LogP contribution is 2.30. The van der Waals surface area contributed by atoms with Crippen molar-refractivity contribution in [3.8, 4) is 0 Å². The van der Waals surface area contributed by atoms with Crippen molar-refractivity contribution in [1.29, 1.82) is 0 Å². The molecule has 94 valence electrons. The zero-order valence-corrected chi connectivity index (χ0v) is 11.7. The quantitative estimate of drug-likeness (QED) is 0.670. The summed E-state index contributed by atoms with van der Waals surface area (Å²) in [6, 6.07) is 10.6. The first-order valence-corrected chi connectivity index (χ1v) is 6.69. The van der Waals surface area contributed by atoms with Crippen LogP contribution in [0.3, 0.4) is 0 Å². The molecular weight excluding hydrogens is 322 g/mol. The molecule has 0 radical (unpaired) electrons. The molecule has 0 heterocycles. The van der Waals surface area contributed by atoms with E-state index in [1.165, 1.54) is 24.3 Å². The van der Waals surface area contributed by atoms with Gasteiger partial charge in [0.25, 0.3) is 0 Å². The number of alkyl halides is 1. The van der Waals surface area contributed by atoms with E-state index >= 15 is 0 Å². The van der Waals surface area contributed by atoms with Crippen LogP contribution in [0.5, 0.6) is 0 Å². The molecule has 18 heavy (non-hydrogen) atoms. The Kier molecular flexibility index (Phi) is 4.36. The second-order valence-corrected chi connectivity index (χ2v) is 5.51. The van der Waals surface area contributed by atoms with Crippen molar-refractivity contribution < 1.29 is 8.78 Å². The Labute approximate surface area is 118 Å². The molecule has 2 aromatic carbocycles. The molecule has 0 spiro atoms. The van der Waals surface area contributed by atoms with E-state index in [0.29, 0.717) is 17.0 Å². The van der Waals surface area contributed by atoms with Crippen LogP contribution in [0.4, 0.5) is 8.78 Å². The maximum absolute atomic E-state index is 13.6. The van der Waals surface area contributed by atoms with E-state index in [4.69, 9.17) is 11.6 Å². The van der Waals surface area contributed by atoms with Gasteiger partial charge in [0.15, 0.2) is 0 Å². The Morgan fingerprint density at radius 2 is 1.72 bits per heavy atom. The number of halogens is 4. The summed E-state index contributed by atoms with van der Waals surface area (Å²) in [6.07, 6.45) is 0.567. The van der Waals surface area contributed by atoms with E-state index in [1.54, 1.807) is 18.2 Å². The van der Waals surface area contributed by atoms with Crippen LogP contribution in [-0.2, 0) is 6.42 Å². The Bertz CT molecular complexity index is 540. The minimum absolute atomic E-state index is 0.193. The van der Waals surface area contributed by atoms with Gasteiger partial charge in [-0.1, -0.05) is 39.7 Å². The third kappa shape index (κ3) is 3.30. The standard InChI is InChI=1S/C14H10BrClF2/c15-13(7-9-1-4-11(17)5-2-9)12-8-10(16)3-6-14(12)18/h1-6,8,13H,7H2. The summed E-state index contributed by atoms with van der Waals surface area (Å²) < 4.78 is 26.4. The fraction of sp³-hybridized carbons (Fsp3) is 0.143. The van der Waals surface area contributed by atoms with E-state index in [2.05, 4.69) is 15.9 Å². The van der Waals surface area contributed by atoms with Crippen molar-refractivity contribution in [3.63, 3.8) is 0 Å². The first-order chi connectivity index (χ1) is 8.56. The highest BCUT2D eigenvalue weighted by molar-refractivity contribution is 9.09. The summed E-state index contributed by atoms with van der Waals surface area (Å²) in [5.74, 6) is -0.581. The molecule has 0 nitrogen and oxygen atoms in total. The molecule has 1 atom stereocenters. The molecule has 0 saturated carbocycles. The van der Waals surface area contributed by atoms with Gasteiger partial charge in [0.2, 0.25) is 0 Å². The SMILES string of the molecule is Fc1ccc(CC(Br)c2cc(Cl)ccc2F)cc1. The normalized spacial score (nSPS) is 12.4. The third-order valence-corrected chi connectivity index (χ3v) is 3.68. The molecule has 1 unspecified atom stereocenters. The van der Waals surface area contributed by atoms with Gasteiger partial charge in [0, 0.05) is 15.4 Å². The van der Waals surface area contributed by atoms with Crippen molar-refractivity contribution in [1.82, 2.24) is 0 Å². The Morgan fingerprint density at radius 1 is 1.06 bits per heavy atom. The van der Waals surface area contributed by atoms with Crippen LogP contribution in [0, 0.1) is 11.6 Å². The van der Waals surface area contributed by atoms with Crippen molar-refractivity contribution in [3.05, 3.63) is 70.2 Å². The number of hydrogen-bond acceptors (Lipinski definition) is 0. The van der Waals surface area contributed by atoms with Gasteiger partial charge in [-0.3, -0.25) is 0 Å². The average molecular weight is 332 g/mol. The van der Waals surface area contributed by atoms with E-state index in [9.17, 15) is 8.78 Å². The number of rotatable bonds is 3. The smallest absolute Gasteiger partial charge is 0.127 e. The zero-order valence-electron chi connectivity index (χ0n) is 9.34. The summed E-state index contributed by atoms with van der Waals surface area (Å²) >= 11 is 9.28. The van der Waals surface area contributed by atoms with E-state index in [-0.39, 0.29) is 16.5 Å². The predicted octanol–water partition coefficient (Wildman–Crippen LogP) is 5.30. The molecule has 0 aliphatic carbocycles. The second-order valence-electron chi connectivity index (χ2n) is 3.96. The highest BCUT2D eigenvalue weighted by atomic mass is 79.9. The van der Waals surface area contributed by atoms with Crippen LogP contribution in [-0.4, -0.2) is 0 Å². The molecule has 0 fully saturated rings. The molecule has 2 aromatic rings. The topological polar surface area (TPSA) is 0 Å². The summed E-state index contributed by atoms with van der Waals surface area (Å²) in [4.78, 5) is -0.193. The Hall–Kier alpha value is -0.930. The van der Waals surface area contributed by atoms with Crippen molar-refractivity contribution in [2.24, 2.45) is 0 Å². The molecule has 0 aliphatic heterocycles. The van der Waals surface area contributed by atoms with Crippen molar-refractivity contribution in [2.75, 3.05) is 0 Å². The fourth-order valence-electron chi connectivity index (χ4n) is 1.69. The van der Waals surface area contributed by atoms with Crippen LogP contribution in [0.2, 0.25) is 5.02 Å². The van der Waals surface area contributed by atoms with Gasteiger partial charge in [-0.2, -0.15) is 0 Å². The molecule has 0 amide bonds. The molecule has 0 bridgehead atoms. The highest BCUT2D eigenvalue weighted by Gasteiger charge is 2.13. The van der Waals surface area contributed by atoms with E-state index < -0.39 is 0 Å². The molecule has 0 N–H and O–H groups in total. The number of hydrogen-bond donors (Lipinski definition) is 0. The van der Waals surface area contributed by atoms with Crippen molar-refractivity contribution >= 4 is 27.5 Å². The molecule has 4 heteroatoms. The first-order valence-electron chi connectivity index (χ1n) is 5.40. The van der Waals surface area contributed by atoms with Crippen LogP contribution in [0.1, 0.15) is 16.0 Å². The maximum atomic E-state index is 13.6. The lowest BCUT2D eigenvalue weighted by Gasteiger charge is -2.11. The molecule has 2 rings (SSSR count). The van der Waals surface area contributed by atoms with Gasteiger partial charge in [0.05, 0.1) is 0 Å². The van der Waals surface area contributed by atoms with E-state index in [0.717, 1.165) is 5.56 Å². The van der Waals surface area contributed by atoms with Gasteiger partial charge in [-0.15, -0.1) is 0 Å². The second kappa shape index (κ2) is 5.81. The molecule has 0 saturated heterocycles. The minimum Gasteiger partial charge on any atom is -0.207 e. The fourth-order valence-corrected chi connectivity index (χ4v) is 2.60. The Morgan fingerprint density at radius 3 is 2.39 bits per heavy atom. The maximum Gasteiger partial charge on any atom is 0.127 e. The van der Waals surface area contributed by atoms with E-state index in [1.807, 2.05) is 0 Å². The Balaban J connectivity index is 2.18. The predicted molar refractivity (Wildman–Crippen MR) is 73.2 cm³/mol. The lowest BCUT2D eigenvalue weighted by Crippen LogP contribution is -1.98. The largest absolute Gasteiger partial charge is 0.207 e. The lowest BCUT2D eigenvalue weighted by atomic mass is 10.0. The average Bonchev–Trinajstić information content (AvgIpc) is 2.35. The summed E-state index contributed by atoms with van der Waals surface area (Å²) in [6.45, 7) is 0. The monoisotopic (exact) mass is 330 g/mol.